The van der Waals surface area contributed by atoms with E-state index in [1.807, 2.05) is 19.1 Å². The second kappa shape index (κ2) is 6.23. The van der Waals surface area contributed by atoms with Gasteiger partial charge in [0.15, 0.2) is 9.84 Å². The van der Waals surface area contributed by atoms with Gasteiger partial charge in [-0.1, -0.05) is 32.9 Å². The minimum absolute atomic E-state index is 0.0696. The average molecular weight is 269 g/mol. The molecule has 0 aliphatic heterocycles. The lowest BCUT2D eigenvalue weighted by Crippen LogP contribution is -2.26. The molecule has 3 nitrogen and oxygen atoms in total. The van der Waals surface area contributed by atoms with Gasteiger partial charge >= 0.3 is 0 Å². The summed E-state index contributed by atoms with van der Waals surface area (Å²) in [6, 6.07) is 8.09. The topological polar surface area (TPSA) is 46.2 Å². The van der Waals surface area contributed by atoms with Gasteiger partial charge in [-0.15, -0.1) is 0 Å². The summed E-state index contributed by atoms with van der Waals surface area (Å²) in [4.78, 5) is 0. The van der Waals surface area contributed by atoms with Gasteiger partial charge in [0, 0.05) is 17.5 Å². The van der Waals surface area contributed by atoms with Crippen molar-refractivity contribution in [3.8, 4) is 0 Å². The summed E-state index contributed by atoms with van der Waals surface area (Å²) in [7, 11) is -2.92. The fourth-order valence-electron chi connectivity index (χ4n) is 1.79. The van der Waals surface area contributed by atoms with Gasteiger partial charge in [0.05, 0.1) is 5.75 Å². The van der Waals surface area contributed by atoms with Crippen LogP contribution in [0.15, 0.2) is 24.3 Å². The van der Waals surface area contributed by atoms with Gasteiger partial charge in [-0.2, -0.15) is 0 Å². The van der Waals surface area contributed by atoms with E-state index in [0.717, 1.165) is 5.69 Å². The maximum Gasteiger partial charge on any atom is 0.152 e. The molecule has 18 heavy (non-hydrogen) atoms. The Morgan fingerprint density at radius 1 is 1.11 bits per heavy atom. The van der Waals surface area contributed by atoms with Crippen LogP contribution in [0.2, 0.25) is 0 Å². The molecule has 1 aromatic rings. The van der Waals surface area contributed by atoms with Crippen molar-refractivity contribution in [2.75, 3.05) is 16.8 Å². The second-order valence-corrected chi connectivity index (χ2v) is 7.42. The Morgan fingerprint density at radius 2 is 1.67 bits per heavy atom. The molecule has 0 fully saturated rings. The number of rotatable bonds is 6. The molecule has 1 unspecified atom stereocenters. The smallest absolute Gasteiger partial charge is 0.152 e. The van der Waals surface area contributed by atoms with Crippen molar-refractivity contribution in [2.45, 2.75) is 39.7 Å². The highest BCUT2D eigenvalue weighted by Crippen LogP contribution is 2.17. The van der Waals surface area contributed by atoms with Crippen LogP contribution in [-0.4, -0.2) is 26.0 Å². The Labute approximate surface area is 111 Å². The average Bonchev–Trinajstić information content (AvgIpc) is 2.29. The molecule has 4 heteroatoms. The van der Waals surface area contributed by atoms with E-state index in [0.29, 0.717) is 5.92 Å². The fourth-order valence-corrected chi connectivity index (χ4v) is 2.87. The molecule has 0 spiro atoms. The molecule has 0 aromatic heterocycles. The quantitative estimate of drug-likeness (QED) is 0.863. The van der Waals surface area contributed by atoms with Crippen molar-refractivity contribution >= 4 is 15.5 Å². The normalized spacial score (nSPS) is 13.6. The predicted octanol–water partition coefficient (Wildman–Crippen LogP) is 3.05. The van der Waals surface area contributed by atoms with Crippen molar-refractivity contribution in [1.82, 2.24) is 0 Å². The van der Waals surface area contributed by atoms with E-state index < -0.39 is 9.84 Å². The Hall–Kier alpha value is -1.03. The van der Waals surface area contributed by atoms with Crippen molar-refractivity contribution in [1.29, 1.82) is 0 Å². The summed E-state index contributed by atoms with van der Waals surface area (Å²) in [6.45, 7) is 7.88. The molecule has 0 amide bonds. The number of anilines is 1. The van der Waals surface area contributed by atoms with Crippen LogP contribution in [-0.2, 0) is 9.84 Å². The molecule has 0 saturated heterocycles. The molecule has 0 radical (unpaired) electrons. The molecular formula is C14H23NO2S. The lowest BCUT2D eigenvalue weighted by molar-refractivity contribution is 0.593. The maximum absolute atomic E-state index is 11.5. The van der Waals surface area contributed by atoms with E-state index in [2.05, 4.69) is 31.3 Å². The van der Waals surface area contributed by atoms with Crippen LogP contribution >= 0.6 is 0 Å². The third-order valence-electron chi connectivity index (χ3n) is 2.93. The Morgan fingerprint density at radius 3 is 2.11 bits per heavy atom. The zero-order chi connectivity index (χ0) is 13.8. The minimum atomic E-state index is -2.92. The lowest BCUT2D eigenvalue weighted by Gasteiger charge is -2.15. The molecule has 1 aromatic carbocycles. The molecule has 0 aliphatic rings. The Bertz CT molecular complexity index is 463. The summed E-state index contributed by atoms with van der Waals surface area (Å²) >= 11 is 0. The Kier molecular flexibility index (Phi) is 5.20. The molecule has 1 N–H and O–H groups in total. The van der Waals surface area contributed by atoms with Crippen LogP contribution in [0.25, 0.3) is 0 Å². The summed E-state index contributed by atoms with van der Waals surface area (Å²) in [5.74, 6) is 0.887. The zero-order valence-electron chi connectivity index (χ0n) is 11.6. The van der Waals surface area contributed by atoms with Crippen LogP contribution in [0, 0.1) is 0 Å². The first-order chi connectivity index (χ1) is 8.34. The van der Waals surface area contributed by atoms with Gasteiger partial charge in [0.2, 0.25) is 0 Å². The van der Waals surface area contributed by atoms with Gasteiger partial charge < -0.3 is 5.32 Å². The molecule has 0 bridgehead atoms. The van der Waals surface area contributed by atoms with Crippen molar-refractivity contribution in [3.63, 3.8) is 0 Å². The van der Waals surface area contributed by atoms with Crippen LogP contribution in [0.1, 0.15) is 39.2 Å². The van der Waals surface area contributed by atoms with E-state index in [1.54, 1.807) is 6.92 Å². The van der Waals surface area contributed by atoms with Crippen LogP contribution in [0.3, 0.4) is 0 Å². The molecule has 102 valence electrons. The number of hydrogen-bond donors (Lipinski definition) is 1. The molecule has 1 rings (SSSR count). The van der Waals surface area contributed by atoms with Gasteiger partial charge in [-0.3, -0.25) is 0 Å². The minimum Gasteiger partial charge on any atom is -0.382 e. The second-order valence-electron chi connectivity index (χ2n) is 5.02. The van der Waals surface area contributed by atoms with E-state index in [4.69, 9.17) is 0 Å². The van der Waals surface area contributed by atoms with Crippen LogP contribution in [0.4, 0.5) is 5.69 Å². The highest BCUT2D eigenvalue weighted by molar-refractivity contribution is 7.91. The Balaban J connectivity index is 2.62. The molecule has 0 saturated carbocycles. The summed E-state index contributed by atoms with van der Waals surface area (Å²) in [5, 5.41) is 3.22. The third-order valence-corrected chi connectivity index (χ3v) is 4.82. The first-order valence-electron chi connectivity index (χ1n) is 6.41. The standard InChI is InChI=1S/C14H23NO2S/c1-5-18(16,17)10-12(4)15-14-8-6-13(7-9-14)11(2)3/h6-9,11-12,15H,5,10H2,1-4H3. The lowest BCUT2D eigenvalue weighted by atomic mass is 10.0. The SMILES string of the molecule is CCS(=O)(=O)CC(C)Nc1ccc(C(C)C)cc1. The maximum atomic E-state index is 11.5. The van der Waals surface area contributed by atoms with Crippen LogP contribution < -0.4 is 5.32 Å². The number of benzene rings is 1. The largest absolute Gasteiger partial charge is 0.382 e. The van der Waals surface area contributed by atoms with Crippen LogP contribution in [0.5, 0.6) is 0 Å². The number of nitrogens with one attached hydrogen (secondary N) is 1. The van der Waals surface area contributed by atoms with E-state index in [-0.39, 0.29) is 17.5 Å². The van der Waals surface area contributed by atoms with Gasteiger partial charge in [0.25, 0.3) is 0 Å². The molecule has 0 heterocycles. The molecule has 0 aliphatic carbocycles. The predicted molar refractivity (Wildman–Crippen MR) is 77.9 cm³/mol. The number of sulfone groups is 1. The first-order valence-corrected chi connectivity index (χ1v) is 8.23. The van der Waals surface area contributed by atoms with Gasteiger partial charge in [-0.25, -0.2) is 8.42 Å². The fraction of sp³-hybridized carbons (Fsp3) is 0.571. The third kappa shape index (κ3) is 4.69. The van der Waals surface area contributed by atoms with E-state index in [1.165, 1.54) is 5.56 Å². The summed E-state index contributed by atoms with van der Waals surface area (Å²) < 4.78 is 23.0. The summed E-state index contributed by atoms with van der Waals surface area (Å²) in [6.07, 6.45) is 0. The van der Waals surface area contributed by atoms with Crippen molar-refractivity contribution in [3.05, 3.63) is 29.8 Å². The van der Waals surface area contributed by atoms with E-state index in [9.17, 15) is 8.42 Å². The first kappa shape index (κ1) is 15.0. The molecular weight excluding hydrogens is 246 g/mol. The molecule has 1 atom stereocenters. The zero-order valence-corrected chi connectivity index (χ0v) is 12.4. The van der Waals surface area contributed by atoms with Crippen molar-refractivity contribution in [2.24, 2.45) is 0 Å². The monoisotopic (exact) mass is 269 g/mol. The number of hydrogen-bond acceptors (Lipinski definition) is 3. The highest BCUT2D eigenvalue weighted by atomic mass is 32.2. The van der Waals surface area contributed by atoms with Crippen molar-refractivity contribution < 1.29 is 8.42 Å². The van der Waals surface area contributed by atoms with E-state index >= 15 is 0 Å². The van der Waals surface area contributed by atoms with Gasteiger partial charge in [0.1, 0.15) is 0 Å². The highest BCUT2D eigenvalue weighted by Gasteiger charge is 2.13. The summed E-state index contributed by atoms with van der Waals surface area (Å²) in [5.41, 5.74) is 2.26. The van der Waals surface area contributed by atoms with Gasteiger partial charge in [-0.05, 0) is 30.5 Å².